The van der Waals surface area contributed by atoms with Crippen molar-refractivity contribution in [1.82, 2.24) is 0 Å². The number of hydrogen-bond donors (Lipinski definition) is 2. The standard InChI is InChI=1S/C16H15FN2O/c1-10-6-7-15(13(17)8-10)19-16(20)12-9-18-14-5-3-2-4-11(12)14/h2-8,12,18H,9H2,1H3,(H,19,20). The summed E-state index contributed by atoms with van der Waals surface area (Å²) in [6.07, 6.45) is 0. The molecule has 0 aromatic heterocycles. The van der Waals surface area contributed by atoms with Gasteiger partial charge < -0.3 is 10.6 Å². The number of fused-ring (bicyclic) bond motifs is 1. The van der Waals surface area contributed by atoms with Crippen LogP contribution in [0.2, 0.25) is 0 Å². The summed E-state index contributed by atoms with van der Waals surface area (Å²) in [6.45, 7) is 2.35. The molecule has 2 aromatic rings. The van der Waals surface area contributed by atoms with Crippen LogP contribution in [0.1, 0.15) is 17.0 Å². The van der Waals surface area contributed by atoms with E-state index in [0.717, 1.165) is 16.8 Å². The second kappa shape index (κ2) is 4.96. The molecule has 0 aliphatic carbocycles. The molecule has 0 bridgehead atoms. The Kier molecular flexibility index (Phi) is 3.14. The zero-order chi connectivity index (χ0) is 14.1. The number of hydrogen-bond acceptors (Lipinski definition) is 2. The number of benzene rings is 2. The third-order valence-electron chi connectivity index (χ3n) is 3.53. The summed E-state index contributed by atoms with van der Waals surface area (Å²) in [7, 11) is 0. The molecule has 1 unspecified atom stereocenters. The van der Waals surface area contributed by atoms with Crippen LogP contribution in [-0.2, 0) is 4.79 Å². The van der Waals surface area contributed by atoms with Crippen molar-refractivity contribution in [3.05, 3.63) is 59.4 Å². The largest absolute Gasteiger partial charge is 0.384 e. The molecule has 20 heavy (non-hydrogen) atoms. The van der Waals surface area contributed by atoms with E-state index in [9.17, 15) is 9.18 Å². The average molecular weight is 270 g/mol. The Hall–Kier alpha value is -2.36. The van der Waals surface area contributed by atoms with Crippen molar-refractivity contribution in [2.24, 2.45) is 0 Å². The predicted octanol–water partition coefficient (Wildman–Crippen LogP) is 3.28. The van der Waals surface area contributed by atoms with Gasteiger partial charge in [0.2, 0.25) is 5.91 Å². The van der Waals surface area contributed by atoms with Gasteiger partial charge in [0, 0.05) is 12.2 Å². The molecule has 0 saturated carbocycles. The van der Waals surface area contributed by atoms with Crippen LogP contribution >= 0.6 is 0 Å². The van der Waals surface area contributed by atoms with Crippen molar-refractivity contribution in [3.8, 4) is 0 Å². The SMILES string of the molecule is Cc1ccc(NC(=O)C2CNc3ccccc32)c(F)c1. The molecule has 1 amide bonds. The minimum atomic E-state index is -0.405. The monoisotopic (exact) mass is 270 g/mol. The molecule has 2 aromatic carbocycles. The average Bonchev–Trinajstić information content (AvgIpc) is 2.86. The maximum atomic E-state index is 13.8. The van der Waals surface area contributed by atoms with Gasteiger partial charge >= 0.3 is 0 Å². The van der Waals surface area contributed by atoms with Gasteiger partial charge in [-0.2, -0.15) is 0 Å². The van der Waals surface area contributed by atoms with Gasteiger partial charge in [-0.1, -0.05) is 24.3 Å². The molecule has 0 saturated heterocycles. The van der Waals surface area contributed by atoms with Crippen LogP contribution in [0.25, 0.3) is 0 Å². The van der Waals surface area contributed by atoms with Gasteiger partial charge in [0.05, 0.1) is 11.6 Å². The Labute approximate surface area is 116 Å². The molecule has 3 nitrogen and oxygen atoms in total. The number of anilines is 2. The summed E-state index contributed by atoms with van der Waals surface area (Å²) in [5.41, 5.74) is 2.98. The fourth-order valence-corrected chi connectivity index (χ4v) is 2.46. The van der Waals surface area contributed by atoms with Crippen LogP contribution in [0.15, 0.2) is 42.5 Å². The Balaban J connectivity index is 1.81. The number of carbonyl (C=O) groups is 1. The summed E-state index contributed by atoms with van der Waals surface area (Å²) in [5.74, 6) is -0.880. The minimum absolute atomic E-state index is 0.190. The quantitative estimate of drug-likeness (QED) is 0.879. The van der Waals surface area contributed by atoms with Crippen molar-refractivity contribution in [2.45, 2.75) is 12.8 Å². The number of aryl methyl sites for hydroxylation is 1. The molecule has 4 heteroatoms. The van der Waals surface area contributed by atoms with Gasteiger partial charge in [0.15, 0.2) is 0 Å². The fourth-order valence-electron chi connectivity index (χ4n) is 2.46. The summed E-state index contributed by atoms with van der Waals surface area (Å²) in [6, 6.07) is 12.5. The first-order valence-electron chi connectivity index (χ1n) is 6.55. The molecule has 1 aliphatic rings. The first-order valence-corrected chi connectivity index (χ1v) is 6.55. The van der Waals surface area contributed by atoms with E-state index in [-0.39, 0.29) is 17.5 Å². The maximum Gasteiger partial charge on any atom is 0.233 e. The second-order valence-corrected chi connectivity index (χ2v) is 4.99. The highest BCUT2D eigenvalue weighted by atomic mass is 19.1. The number of halogens is 1. The topological polar surface area (TPSA) is 41.1 Å². The number of nitrogens with one attached hydrogen (secondary N) is 2. The van der Waals surface area contributed by atoms with E-state index in [2.05, 4.69) is 10.6 Å². The zero-order valence-electron chi connectivity index (χ0n) is 11.1. The first kappa shape index (κ1) is 12.7. The lowest BCUT2D eigenvalue weighted by Crippen LogP contribution is -2.23. The van der Waals surface area contributed by atoms with Gasteiger partial charge in [-0.3, -0.25) is 4.79 Å². The molecule has 1 heterocycles. The highest BCUT2D eigenvalue weighted by molar-refractivity contribution is 5.98. The lowest BCUT2D eigenvalue weighted by Gasteiger charge is -2.12. The van der Waals surface area contributed by atoms with Gasteiger partial charge in [-0.15, -0.1) is 0 Å². The van der Waals surface area contributed by atoms with Crippen LogP contribution in [0.3, 0.4) is 0 Å². The Morgan fingerprint density at radius 1 is 1.30 bits per heavy atom. The van der Waals surface area contributed by atoms with Crippen LogP contribution in [0.5, 0.6) is 0 Å². The lowest BCUT2D eigenvalue weighted by atomic mass is 10.0. The van der Waals surface area contributed by atoms with Crippen molar-refractivity contribution in [3.63, 3.8) is 0 Å². The van der Waals surface area contributed by atoms with Gasteiger partial charge in [0.1, 0.15) is 5.82 Å². The maximum absolute atomic E-state index is 13.8. The molecule has 0 spiro atoms. The van der Waals surface area contributed by atoms with E-state index >= 15 is 0 Å². The first-order chi connectivity index (χ1) is 9.65. The predicted molar refractivity (Wildman–Crippen MR) is 77.4 cm³/mol. The normalized spacial score (nSPS) is 16.4. The Bertz CT molecular complexity index is 669. The van der Waals surface area contributed by atoms with Crippen LogP contribution in [0, 0.1) is 12.7 Å². The van der Waals surface area contributed by atoms with E-state index in [1.807, 2.05) is 31.2 Å². The number of para-hydroxylation sites is 1. The van der Waals surface area contributed by atoms with E-state index in [1.165, 1.54) is 6.07 Å². The molecule has 2 N–H and O–H groups in total. The third kappa shape index (κ3) is 2.25. The molecule has 3 rings (SSSR count). The number of amides is 1. The Morgan fingerprint density at radius 3 is 2.90 bits per heavy atom. The van der Waals surface area contributed by atoms with Crippen molar-refractivity contribution < 1.29 is 9.18 Å². The fraction of sp³-hybridized carbons (Fsp3) is 0.188. The van der Waals surface area contributed by atoms with Gasteiger partial charge in [-0.25, -0.2) is 4.39 Å². The summed E-state index contributed by atoms with van der Waals surface area (Å²) in [5, 5.41) is 5.85. The van der Waals surface area contributed by atoms with E-state index in [4.69, 9.17) is 0 Å². The molecular formula is C16H15FN2O. The van der Waals surface area contributed by atoms with E-state index in [0.29, 0.717) is 6.54 Å². The van der Waals surface area contributed by atoms with Crippen LogP contribution in [-0.4, -0.2) is 12.5 Å². The lowest BCUT2D eigenvalue weighted by molar-refractivity contribution is -0.117. The molecule has 1 aliphatic heterocycles. The molecular weight excluding hydrogens is 255 g/mol. The zero-order valence-corrected chi connectivity index (χ0v) is 11.1. The number of rotatable bonds is 2. The Morgan fingerprint density at radius 2 is 2.10 bits per heavy atom. The summed E-state index contributed by atoms with van der Waals surface area (Å²) in [4.78, 5) is 12.3. The second-order valence-electron chi connectivity index (χ2n) is 4.99. The molecule has 0 radical (unpaired) electrons. The molecule has 102 valence electrons. The van der Waals surface area contributed by atoms with Crippen molar-refractivity contribution in [1.29, 1.82) is 0 Å². The van der Waals surface area contributed by atoms with Crippen molar-refractivity contribution in [2.75, 3.05) is 17.2 Å². The smallest absolute Gasteiger partial charge is 0.233 e. The molecule has 0 fully saturated rings. The number of carbonyl (C=O) groups excluding carboxylic acids is 1. The van der Waals surface area contributed by atoms with Crippen LogP contribution < -0.4 is 10.6 Å². The summed E-state index contributed by atoms with van der Waals surface area (Å²) < 4.78 is 13.8. The highest BCUT2D eigenvalue weighted by Crippen LogP contribution is 2.32. The van der Waals surface area contributed by atoms with Crippen molar-refractivity contribution >= 4 is 17.3 Å². The van der Waals surface area contributed by atoms with Crippen LogP contribution in [0.4, 0.5) is 15.8 Å². The van der Waals surface area contributed by atoms with Gasteiger partial charge in [0.25, 0.3) is 0 Å². The van der Waals surface area contributed by atoms with E-state index < -0.39 is 5.82 Å². The highest BCUT2D eigenvalue weighted by Gasteiger charge is 2.28. The van der Waals surface area contributed by atoms with Gasteiger partial charge in [-0.05, 0) is 36.2 Å². The molecule has 1 atom stereocenters. The minimum Gasteiger partial charge on any atom is -0.384 e. The van der Waals surface area contributed by atoms with E-state index in [1.54, 1.807) is 12.1 Å². The third-order valence-corrected chi connectivity index (χ3v) is 3.53. The summed E-state index contributed by atoms with van der Waals surface area (Å²) >= 11 is 0.